The maximum absolute atomic E-state index is 6.04. The van der Waals surface area contributed by atoms with Gasteiger partial charge in [-0.05, 0) is 29.5 Å². The number of hydrogen-bond donors (Lipinski definition) is 0. The van der Waals surface area contributed by atoms with E-state index < -0.39 is 0 Å². The monoisotopic (exact) mass is 254 g/mol. The van der Waals surface area contributed by atoms with Crippen LogP contribution in [0.2, 0.25) is 0 Å². The van der Waals surface area contributed by atoms with E-state index >= 15 is 0 Å². The Bertz CT molecular complexity index is 376. The van der Waals surface area contributed by atoms with Gasteiger partial charge in [0, 0.05) is 12.3 Å². The first-order valence-corrected chi connectivity index (χ1v) is 6.71. The maximum atomic E-state index is 6.04. The summed E-state index contributed by atoms with van der Waals surface area (Å²) in [7, 11) is 0. The van der Waals surface area contributed by atoms with Crippen molar-refractivity contribution in [2.24, 2.45) is 5.92 Å². The molecule has 0 fully saturated rings. The van der Waals surface area contributed by atoms with Crippen LogP contribution in [0.25, 0.3) is 0 Å². The molecule has 0 saturated heterocycles. The van der Waals surface area contributed by atoms with E-state index in [2.05, 4.69) is 26.0 Å². The summed E-state index contributed by atoms with van der Waals surface area (Å²) in [6.07, 6.45) is 0.938. The van der Waals surface area contributed by atoms with Crippen LogP contribution in [0.5, 0.6) is 11.5 Å². The molecule has 0 aromatic heterocycles. The molecule has 0 amide bonds. The lowest BCUT2D eigenvalue weighted by atomic mass is 9.90. The molecule has 1 aliphatic rings. The van der Waals surface area contributed by atoms with Crippen LogP contribution in [0.1, 0.15) is 31.7 Å². The van der Waals surface area contributed by atoms with Crippen molar-refractivity contribution >= 4 is 11.6 Å². The van der Waals surface area contributed by atoms with E-state index in [4.69, 9.17) is 21.1 Å². The largest absolute Gasteiger partial charge is 0.490 e. The Balaban J connectivity index is 2.28. The molecular formula is C14H19ClO2. The fourth-order valence-corrected chi connectivity index (χ4v) is 2.60. The smallest absolute Gasteiger partial charge is 0.161 e. The molecule has 0 bridgehead atoms. The number of benzene rings is 1. The predicted octanol–water partition coefficient (Wildman–Crippen LogP) is 3.83. The quantitative estimate of drug-likeness (QED) is 0.764. The van der Waals surface area contributed by atoms with Crippen LogP contribution < -0.4 is 9.47 Å². The number of fused-ring (bicyclic) bond motifs is 1. The lowest BCUT2D eigenvalue weighted by molar-refractivity contribution is 0.297. The van der Waals surface area contributed by atoms with E-state index in [0.29, 0.717) is 17.7 Å². The molecule has 2 nitrogen and oxygen atoms in total. The van der Waals surface area contributed by atoms with E-state index in [1.54, 1.807) is 0 Å². The Morgan fingerprint density at radius 2 is 1.88 bits per heavy atom. The zero-order valence-electron chi connectivity index (χ0n) is 10.4. The van der Waals surface area contributed by atoms with Crippen molar-refractivity contribution in [1.29, 1.82) is 0 Å². The molecule has 0 N–H and O–H groups in total. The van der Waals surface area contributed by atoms with Gasteiger partial charge in [-0.1, -0.05) is 19.9 Å². The molecule has 1 aromatic rings. The van der Waals surface area contributed by atoms with Gasteiger partial charge in [0.05, 0.1) is 13.2 Å². The summed E-state index contributed by atoms with van der Waals surface area (Å²) in [5.74, 6) is 3.24. The van der Waals surface area contributed by atoms with Crippen LogP contribution in [-0.2, 0) is 0 Å². The van der Waals surface area contributed by atoms with Crippen molar-refractivity contribution in [2.75, 3.05) is 19.1 Å². The molecule has 1 heterocycles. The lowest BCUT2D eigenvalue weighted by Gasteiger charge is -2.19. The molecule has 0 radical (unpaired) electrons. The van der Waals surface area contributed by atoms with Crippen LogP contribution in [0.15, 0.2) is 18.2 Å². The average Bonchev–Trinajstić information content (AvgIpc) is 2.54. The Kier molecular flexibility index (Phi) is 4.16. The third-order valence-corrected chi connectivity index (χ3v) is 3.50. The second-order valence-corrected chi connectivity index (χ2v) is 5.07. The van der Waals surface area contributed by atoms with E-state index in [9.17, 15) is 0 Å². The fourth-order valence-electron chi connectivity index (χ4n) is 2.06. The second-order valence-electron chi connectivity index (χ2n) is 4.76. The number of alkyl halides is 1. The van der Waals surface area contributed by atoms with E-state index in [0.717, 1.165) is 31.1 Å². The Morgan fingerprint density at radius 3 is 2.53 bits per heavy atom. The summed E-state index contributed by atoms with van der Waals surface area (Å²) >= 11 is 6.04. The van der Waals surface area contributed by atoms with Gasteiger partial charge in [0.25, 0.3) is 0 Å². The Labute approximate surface area is 108 Å². The van der Waals surface area contributed by atoms with Crippen molar-refractivity contribution in [3.05, 3.63) is 23.8 Å². The third-order valence-electron chi connectivity index (χ3n) is 3.17. The van der Waals surface area contributed by atoms with Crippen molar-refractivity contribution in [3.63, 3.8) is 0 Å². The zero-order valence-corrected chi connectivity index (χ0v) is 11.2. The van der Waals surface area contributed by atoms with Crippen LogP contribution in [0, 0.1) is 5.92 Å². The molecule has 3 heteroatoms. The summed E-state index contributed by atoms with van der Waals surface area (Å²) in [4.78, 5) is 0. The van der Waals surface area contributed by atoms with Gasteiger partial charge < -0.3 is 9.47 Å². The van der Waals surface area contributed by atoms with E-state index in [-0.39, 0.29) is 0 Å². The second kappa shape index (κ2) is 5.63. The van der Waals surface area contributed by atoms with Crippen molar-refractivity contribution < 1.29 is 9.47 Å². The molecular weight excluding hydrogens is 236 g/mol. The van der Waals surface area contributed by atoms with Gasteiger partial charge in [0.15, 0.2) is 11.5 Å². The minimum Gasteiger partial charge on any atom is -0.490 e. The highest BCUT2D eigenvalue weighted by Gasteiger charge is 2.18. The number of hydrogen-bond acceptors (Lipinski definition) is 2. The Hall–Kier alpha value is -0.890. The summed E-state index contributed by atoms with van der Waals surface area (Å²) < 4.78 is 11.3. The minimum atomic E-state index is 0.369. The van der Waals surface area contributed by atoms with Crippen LogP contribution in [0.3, 0.4) is 0 Å². The first-order valence-electron chi connectivity index (χ1n) is 6.18. The predicted molar refractivity (Wildman–Crippen MR) is 70.3 cm³/mol. The van der Waals surface area contributed by atoms with Gasteiger partial charge in [-0.25, -0.2) is 0 Å². The normalized spacial score (nSPS) is 16.7. The van der Waals surface area contributed by atoms with Gasteiger partial charge in [-0.3, -0.25) is 0 Å². The molecule has 1 aromatic carbocycles. The first-order chi connectivity index (χ1) is 8.22. The van der Waals surface area contributed by atoms with Gasteiger partial charge in [0.1, 0.15) is 0 Å². The maximum Gasteiger partial charge on any atom is 0.161 e. The zero-order chi connectivity index (χ0) is 12.3. The SMILES string of the molecule is CC(C)C(CCl)c1ccc2c(c1)OCCCO2. The average molecular weight is 255 g/mol. The molecule has 0 saturated carbocycles. The number of ether oxygens (including phenoxy) is 2. The van der Waals surface area contributed by atoms with Crippen molar-refractivity contribution in [2.45, 2.75) is 26.2 Å². The van der Waals surface area contributed by atoms with Crippen LogP contribution in [-0.4, -0.2) is 19.1 Å². The van der Waals surface area contributed by atoms with Gasteiger partial charge in [-0.2, -0.15) is 0 Å². The summed E-state index contributed by atoms with van der Waals surface area (Å²) in [6.45, 7) is 5.84. The molecule has 1 unspecified atom stereocenters. The molecule has 0 spiro atoms. The van der Waals surface area contributed by atoms with E-state index in [1.807, 2.05) is 6.07 Å². The molecule has 0 aliphatic carbocycles. The van der Waals surface area contributed by atoms with Crippen LogP contribution in [0.4, 0.5) is 0 Å². The standard InChI is InChI=1S/C14H19ClO2/c1-10(2)12(9-15)11-4-5-13-14(8-11)17-7-3-6-16-13/h4-5,8,10,12H,3,6-7,9H2,1-2H3. The lowest BCUT2D eigenvalue weighted by Crippen LogP contribution is -2.08. The van der Waals surface area contributed by atoms with E-state index in [1.165, 1.54) is 5.56 Å². The van der Waals surface area contributed by atoms with Crippen LogP contribution >= 0.6 is 11.6 Å². The number of halogens is 1. The highest BCUT2D eigenvalue weighted by atomic mass is 35.5. The molecule has 1 atom stereocenters. The third kappa shape index (κ3) is 2.86. The van der Waals surface area contributed by atoms with Gasteiger partial charge >= 0.3 is 0 Å². The van der Waals surface area contributed by atoms with Gasteiger partial charge in [-0.15, -0.1) is 11.6 Å². The van der Waals surface area contributed by atoms with Crippen molar-refractivity contribution in [3.8, 4) is 11.5 Å². The summed E-state index contributed by atoms with van der Waals surface area (Å²) in [5.41, 5.74) is 1.24. The Morgan fingerprint density at radius 1 is 1.18 bits per heavy atom. The minimum absolute atomic E-state index is 0.369. The highest BCUT2D eigenvalue weighted by Crippen LogP contribution is 2.35. The molecule has 2 rings (SSSR count). The summed E-state index contributed by atoms with van der Waals surface area (Å²) in [5, 5.41) is 0. The fraction of sp³-hybridized carbons (Fsp3) is 0.571. The highest BCUT2D eigenvalue weighted by molar-refractivity contribution is 6.18. The molecule has 1 aliphatic heterocycles. The summed E-state index contributed by atoms with van der Waals surface area (Å²) in [6, 6.07) is 6.17. The first kappa shape index (κ1) is 12.6. The van der Waals surface area contributed by atoms with Gasteiger partial charge in [0.2, 0.25) is 0 Å². The molecule has 94 valence electrons. The topological polar surface area (TPSA) is 18.5 Å². The number of rotatable bonds is 3. The molecule has 17 heavy (non-hydrogen) atoms. The van der Waals surface area contributed by atoms with Crippen molar-refractivity contribution in [1.82, 2.24) is 0 Å².